The number of pyridine rings is 1. The predicted molar refractivity (Wildman–Crippen MR) is 76.2 cm³/mol. The molecule has 1 aliphatic rings. The van der Waals surface area contributed by atoms with Crippen LogP contribution in [0, 0.1) is 6.92 Å². The molecule has 1 saturated heterocycles. The molecule has 0 bridgehead atoms. The highest BCUT2D eigenvalue weighted by molar-refractivity contribution is 5.94. The molecule has 0 saturated carbocycles. The van der Waals surface area contributed by atoms with Crippen LogP contribution in [0.3, 0.4) is 0 Å². The van der Waals surface area contributed by atoms with E-state index in [2.05, 4.69) is 46.4 Å². The van der Waals surface area contributed by atoms with Gasteiger partial charge in [0.05, 0.1) is 0 Å². The van der Waals surface area contributed by atoms with Crippen molar-refractivity contribution in [2.24, 2.45) is 0 Å². The van der Waals surface area contributed by atoms with Crippen molar-refractivity contribution in [2.75, 3.05) is 31.1 Å². The van der Waals surface area contributed by atoms with Gasteiger partial charge in [-0.25, -0.2) is 0 Å². The molecule has 1 aromatic heterocycles. The minimum Gasteiger partial charge on any atom is -0.370 e. The minimum atomic E-state index is 1.07. The van der Waals surface area contributed by atoms with Crippen LogP contribution in [-0.2, 0) is 0 Å². The fourth-order valence-electron chi connectivity index (χ4n) is 2.62. The lowest BCUT2D eigenvalue weighted by Gasteiger charge is -2.24. The molecule has 1 fully saturated rings. The Balaban J connectivity index is 2.06. The molecule has 3 nitrogen and oxygen atoms in total. The van der Waals surface area contributed by atoms with Crippen molar-refractivity contribution in [3.8, 4) is 0 Å². The maximum absolute atomic E-state index is 4.38. The Bertz CT molecular complexity index is 542. The molecular weight excluding hydrogens is 222 g/mol. The van der Waals surface area contributed by atoms with Gasteiger partial charge in [-0.05, 0) is 32.0 Å². The highest BCUT2D eigenvalue weighted by Crippen LogP contribution is 2.27. The van der Waals surface area contributed by atoms with Gasteiger partial charge < -0.3 is 10.2 Å². The van der Waals surface area contributed by atoms with Gasteiger partial charge >= 0.3 is 0 Å². The summed E-state index contributed by atoms with van der Waals surface area (Å²) in [5.74, 6) is 0. The third-order valence-electron chi connectivity index (χ3n) is 3.56. The van der Waals surface area contributed by atoms with E-state index in [4.69, 9.17) is 0 Å². The minimum absolute atomic E-state index is 1.07. The van der Waals surface area contributed by atoms with Gasteiger partial charge in [-0.2, -0.15) is 0 Å². The van der Waals surface area contributed by atoms with Crippen LogP contribution in [0.4, 0.5) is 5.69 Å². The van der Waals surface area contributed by atoms with Crippen LogP contribution in [0.15, 0.2) is 30.5 Å². The highest BCUT2D eigenvalue weighted by atomic mass is 15.2. The molecule has 0 radical (unpaired) electrons. The maximum Gasteiger partial charge on any atom is 0.0447 e. The monoisotopic (exact) mass is 241 g/mol. The number of hydrogen-bond donors (Lipinski definition) is 1. The summed E-state index contributed by atoms with van der Waals surface area (Å²) in [6.07, 6.45) is 3.19. The molecule has 1 N–H and O–H groups in total. The maximum atomic E-state index is 4.38. The van der Waals surface area contributed by atoms with Crippen LogP contribution in [0.5, 0.6) is 0 Å². The second-order valence-electron chi connectivity index (χ2n) is 4.91. The molecule has 0 spiro atoms. The Kier molecular flexibility index (Phi) is 3.15. The van der Waals surface area contributed by atoms with E-state index in [-0.39, 0.29) is 0 Å². The Labute approximate surface area is 108 Å². The summed E-state index contributed by atoms with van der Waals surface area (Å²) in [4.78, 5) is 6.87. The van der Waals surface area contributed by atoms with E-state index in [9.17, 15) is 0 Å². The zero-order valence-electron chi connectivity index (χ0n) is 10.8. The van der Waals surface area contributed by atoms with Crippen LogP contribution in [0.2, 0.25) is 0 Å². The van der Waals surface area contributed by atoms with E-state index in [0.717, 1.165) is 31.9 Å². The number of aromatic nitrogens is 1. The predicted octanol–water partition coefficient (Wildman–Crippen LogP) is 2.34. The Hall–Kier alpha value is -1.61. The van der Waals surface area contributed by atoms with Gasteiger partial charge in [0, 0.05) is 48.0 Å². The lowest BCUT2D eigenvalue weighted by atomic mass is 10.1. The third kappa shape index (κ3) is 2.18. The molecule has 2 heterocycles. The van der Waals surface area contributed by atoms with Gasteiger partial charge in [-0.3, -0.25) is 4.98 Å². The summed E-state index contributed by atoms with van der Waals surface area (Å²) in [5, 5.41) is 6.01. The van der Waals surface area contributed by atoms with Crippen LogP contribution in [0.1, 0.15) is 12.1 Å². The van der Waals surface area contributed by atoms with Crippen molar-refractivity contribution in [2.45, 2.75) is 13.3 Å². The summed E-state index contributed by atoms with van der Waals surface area (Å²) in [5.41, 5.74) is 2.43. The molecule has 18 heavy (non-hydrogen) atoms. The summed E-state index contributed by atoms with van der Waals surface area (Å²) >= 11 is 0. The Morgan fingerprint density at radius 1 is 1.22 bits per heavy atom. The average molecular weight is 241 g/mol. The standard InChI is InChI=1S/C15H19N3/c1-12-10-14-13(11-17-12)4-2-5-15(14)18-8-3-6-16-7-9-18/h2,4-5,10-11,16H,3,6-9H2,1H3. The van der Waals surface area contributed by atoms with Crippen molar-refractivity contribution >= 4 is 16.5 Å². The van der Waals surface area contributed by atoms with Crippen molar-refractivity contribution < 1.29 is 0 Å². The summed E-state index contributed by atoms with van der Waals surface area (Å²) in [7, 11) is 0. The quantitative estimate of drug-likeness (QED) is 0.830. The van der Waals surface area contributed by atoms with E-state index in [1.54, 1.807) is 0 Å². The van der Waals surface area contributed by atoms with Crippen LogP contribution in [-0.4, -0.2) is 31.2 Å². The van der Waals surface area contributed by atoms with Crippen molar-refractivity contribution in [3.05, 3.63) is 36.2 Å². The van der Waals surface area contributed by atoms with E-state index in [0.29, 0.717) is 0 Å². The number of aryl methyl sites for hydroxylation is 1. The lowest BCUT2D eigenvalue weighted by molar-refractivity contribution is 0.724. The van der Waals surface area contributed by atoms with Gasteiger partial charge in [-0.15, -0.1) is 0 Å². The number of nitrogens with one attached hydrogen (secondary N) is 1. The summed E-state index contributed by atoms with van der Waals surface area (Å²) in [6.45, 7) is 6.47. The largest absolute Gasteiger partial charge is 0.370 e. The van der Waals surface area contributed by atoms with E-state index in [1.165, 1.54) is 22.9 Å². The van der Waals surface area contributed by atoms with Crippen LogP contribution in [0.25, 0.3) is 10.8 Å². The van der Waals surface area contributed by atoms with E-state index < -0.39 is 0 Å². The lowest BCUT2D eigenvalue weighted by Crippen LogP contribution is -2.27. The second kappa shape index (κ2) is 4.94. The molecule has 0 aliphatic carbocycles. The molecule has 3 heteroatoms. The highest BCUT2D eigenvalue weighted by Gasteiger charge is 2.12. The molecule has 1 aliphatic heterocycles. The van der Waals surface area contributed by atoms with Crippen molar-refractivity contribution in [1.82, 2.24) is 10.3 Å². The fraction of sp³-hybridized carbons (Fsp3) is 0.400. The number of nitrogens with zero attached hydrogens (tertiary/aromatic N) is 2. The van der Waals surface area contributed by atoms with Crippen LogP contribution >= 0.6 is 0 Å². The molecule has 0 amide bonds. The molecule has 2 aromatic rings. The van der Waals surface area contributed by atoms with Crippen LogP contribution < -0.4 is 10.2 Å². The van der Waals surface area contributed by atoms with Gasteiger partial charge in [-0.1, -0.05) is 12.1 Å². The molecule has 3 rings (SSSR count). The summed E-state index contributed by atoms with van der Waals surface area (Å²) in [6, 6.07) is 8.70. The first-order chi connectivity index (χ1) is 8.84. The smallest absolute Gasteiger partial charge is 0.0447 e. The summed E-state index contributed by atoms with van der Waals surface area (Å²) < 4.78 is 0. The van der Waals surface area contributed by atoms with Gasteiger partial charge in [0.25, 0.3) is 0 Å². The number of anilines is 1. The first-order valence-electron chi connectivity index (χ1n) is 6.66. The topological polar surface area (TPSA) is 28.2 Å². The average Bonchev–Trinajstić information content (AvgIpc) is 2.67. The van der Waals surface area contributed by atoms with Crippen molar-refractivity contribution in [3.63, 3.8) is 0 Å². The SMILES string of the molecule is Cc1cc2c(N3CCCNCC3)cccc2cn1. The third-order valence-corrected chi connectivity index (χ3v) is 3.56. The molecule has 1 aromatic carbocycles. The first kappa shape index (κ1) is 11.5. The first-order valence-corrected chi connectivity index (χ1v) is 6.66. The Morgan fingerprint density at radius 3 is 3.11 bits per heavy atom. The zero-order chi connectivity index (χ0) is 12.4. The number of rotatable bonds is 1. The molecule has 94 valence electrons. The van der Waals surface area contributed by atoms with E-state index in [1.807, 2.05) is 6.20 Å². The molecular formula is C15H19N3. The van der Waals surface area contributed by atoms with Gasteiger partial charge in [0.15, 0.2) is 0 Å². The zero-order valence-corrected chi connectivity index (χ0v) is 10.8. The Morgan fingerprint density at radius 2 is 2.17 bits per heavy atom. The van der Waals surface area contributed by atoms with E-state index >= 15 is 0 Å². The number of benzene rings is 1. The molecule has 0 atom stereocenters. The fourth-order valence-corrected chi connectivity index (χ4v) is 2.62. The number of fused-ring (bicyclic) bond motifs is 1. The normalized spacial score (nSPS) is 16.8. The number of hydrogen-bond acceptors (Lipinski definition) is 3. The van der Waals surface area contributed by atoms with Gasteiger partial charge in [0.1, 0.15) is 0 Å². The van der Waals surface area contributed by atoms with Gasteiger partial charge in [0.2, 0.25) is 0 Å². The second-order valence-corrected chi connectivity index (χ2v) is 4.91. The van der Waals surface area contributed by atoms with Crippen molar-refractivity contribution in [1.29, 1.82) is 0 Å². The molecule has 0 unspecified atom stereocenters.